The van der Waals surface area contributed by atoms with Crippen molar-refractivity contribution in [2.75, 3.05) is 13.7 Å². The number of phenols is 1. The molecule has 0 radical (unpaired) electrons. The van der Waals surface area contributed by atoms with E-state index in [0.29, 0.717) is 17.7 Å². The molecule has 0 saturated carbocycles. The molecule has 0 aliphatic carbocycles. The SMILES string of the molecule is CCCCN1C(=O)C(=O)/C(=C(/O)c2ccc(C)cc2)[C@H]1c1ccc(O)c(OC)c1. The van der Waals surface area contributed by atoms with Gasteiger partial charge in [0.05, 0.1) is 18.7 Å². The number of rotatable bonds is 6. The average Bonchev–Trinajstić information content (AvgIpc) is 2.97. The Hall–Kier alpha value is -3.28. The number of aryl methyl sites for hydroxylation is 1. The Bertz CT molecular complexity index is 962. The number of aliphatic hydroxyl groups is 1. The number of aliphatic hydroxyl groups excluding tert-OH is 1. The molecular weight excluding hydrogens is 370 g/mol. The predicted molar refractivity (Wildman–Crippen MR) is 110 cm³/mol. The van der Waals surface area contributed by atoms with Crippen LogP contribution in [-0.2, 0) is 9.59 Å². The number of unbranched alkanes of at least 4 members (excludes halogenated alkanes) is 1. The standard InChI is InChI=1S/C23H25NO5/c1-4-5-12-24-20(16-10-11-17(25)18(13-16)29-3)19(22(27)23(24)28)21(26)15-8-6-14(2)7-9-15/h6-11,13,20,25-26H,4-5,12H2,1-3H3/b21-19+/t20-/m1/s1. The summed E-state index contributed by atoms with van der Waals surface area (Å²) in [5.41, 5.74) is 2.12. The van der Waals surface area contributed by atoms with E-state index in [1.54, 1.807) is 24.3 Å². The fourth-order valence-electron chi connectivity index (χ4n) is 3.52. The monoisotopic (exact) mass is 395 g/mol. The van der Waals surface area contributed by atoms with Gasteiger partial charge in [0.15, 0.2) is 11.5 Å². The molecule has 1 aliphatic rings. The van der Waals surface area contributed by atoms with E-state index in [1.165, 1.54) is 18.1 Å². The first kappa shape index (κ1) is 20.5. The zero-order valence-corrected chi connectivity index (χ0v) is 16.8. The van der Waals surface area contributed by atoms with Crippen molar-refractivity contribution in [1.29, 1.82) is 0 Å². The van der Waals surface area contributed by atoms with Gasteiger partial charge in [0.1, 0.15) is 5.76 Å². The third-order valence-corrected chi connectivity index (χ3v) is 5.14. The predicted octanol–water partition coefficient (Wildman–Crippen LogP) is 3.93. The topological polar surface area (TPSA) is 87.1 Å². The summed E-state index contributed by atoms with van der Waals surface area (Å²) in [7, 11) is 1.43. The molecule has 2 aromatic carbocycles. The van der Waals surface area contributed by atoms with Crippen LogP contribution in [0.15, 0.2) is 48.0 Å². The number of aromatic hydroxyl groups is 1. The van der Waals surface area contributed by atoms with Crippen LogP contribution in [-0.4, -0.2) is 40.5 Å². The number of carbonyl (C=O) groups excluding carboxylic acids is 2. The third kappa shape index (κ3) is 3.83. The van der Waals surface area contributed by atoms with Gasteiger partial charge in [-0.1, -0.05) is 49.2 Å². The van der Waals surface area contributed by atoms with E-state index >= 15 is 0 Å². The van der Waals surface area contributed by atoms with Crippen LogP contribution in [0.3, 0.4) is 0 Å². The molecular formula is C23H25NO5. The molecule has 0 aromatic heterocycles. The lowest BCUT2D eigenvalue weighted by Gasteiger charge is -2.25. The molecule has 1 atom stereocenters. The molecule has 1 heterocycles. The van der Waals surface area contributed by atoms with Crippen LogP contribution >= 0.6 is 0 Å². The van der Waals surface area contributed by atoms with Gasteiger partial charge in [0.25, 0.3) is 11.7 Å². The second-order valence-corrected chi connectivity index (χ2v) is 7.14. The molecule has 2 N–H and O–H groups in total. The van der Waals surface area contributed by atoms with E-state index in [0.717, 1.165) is 18.4 Å². The highest BCUT2D eigenvalue weighted by Crippen LogP contribution is 2.41. The number of amides is 1. The number of hydrogen-bond donors (Lipinski definition) is 2. The summed E-state index contributed by atoms with van der Waals surface area (Å²) < 4.78 is 5.19. The van der Waals surface area contributed by atoms with Crippen molar-refractivity contribution in [2.45, 2.75) is 32.7 Å². The summed E-state index contributed by atoms with van der Waals surface area (Å²) in [6.45, 7) is 4.32. The maximum Gasteiger partial charge on any atom is 0.295 e. The minimum Gasteiger partial charge on any atom is -0.507 e. The molecule has 1 aliphatic heterocycles. The molecule has 6 nitrogen and oxygen atoms in total. The largest absolute Gasteiger partial charge is 0.507 e. The zero-order valence-electron chi connectivity index (χ0n) is 16.8. The quantitative estimate of drug-likeness (QED) is 0.440. The van der Waals surface area contributed by atoms with Gasteiger partial charge in [0, 0.05) is 12.1 Å². The van der Waals surface area contributed by atoms with Crippen molar-refractivity contribution in [3.8, 4) is 11.5 Å². The van der Waals surface area contributed by atoms with Crippen LogP contribution in [0.25, 0.3) is 5.76 Å². The first-order valence-corrected chi connectivity index (χ1v) is 9.61. The number of benzene rings is 2. The number of nitrogens with zero attached hydrogens (tertiary/aromatic N) is 1. The average molecular weight is 395 g/mol. The minimum absolute atomic E-state index is 0.0414. The Morgan fingerprint density at radius 2 is 1.83 bits per heavy atom. The van der Waals surface area contributed by atoms with Gasteiger partial charge in [-0.2, -0.15) is 0 Å². The van der Waals surface area contributed by atoms with Crippen molar-refractivity contribution >= 4 is 17.4 Å². The number of Topliss-reactive ketones (excluding diaryl/α,β-unsaturated/α-hetero) is 1. The minimum atomic E-state index is -0.752. The highest BCUT2D eigenvalue weighted by molar-refractivity contribution is 6.46. The van der Waals surface area contributed by atoms with Crippen molar-refractivity contribution in [2.24, 2.45) is 0 Å². The number of ketones is 1. The number of likely N-dealkylation sites (tertiary alicyclic amines) is 1. The lowest BCUT2D eigenvalue weighted by molar-refractivity contribution is -0.139. The fraction of sp³-hybridized carbons (Fsp3) is 0.304. The van der Waals surface area contributed by atoms with E-state index < -0.39 is 17.7 Å². The van der Waals surface area contributed by atoms with Crippen molar-refractivity contribution in [3.63, 3.8) is 0 Å². The molecule has 1 saturated heterocycles. The number of hydrogen-bond acceptors (Lipinski definition) is 5. The Morgan fingerprint density at radius 1 is 1.14 bits per heavy atom. The zero-order chi connectivity index (χ0) is 21.1. The van der Waals surface area contributed by atoms with E-state index in [4.69, 9.17) is 4.74 Å². The summed E-state index contributed by atoms with van der Waals surface area (Å²) in [5, 5.41) is 20.9. The molecule has 1 amide bonds. The Morgan fingerprint density at radius 3 is 2.45 bits per heavy atom. The first-order chi connectivity index (χ1) is 13.9. The van der Waals surface area contributed by atoms with Crippen LogP contribution in [0.2, 0.25) is 0 Å². The molecule has 152 valence electrons. The summed E-state index contributed by atoms with van der Waals surface area (Å²) in [6.07, 6.45) is 1.58. The van der Waals surface area contributed by atoms with E-state index in [9.17, 15) is 19.8 Å². The molecule has 6 heteroatoms. The number of carbonyl (C=O) groups is 2. The maximum absolute atomic E-state index is 12.9. The van der Waals surface area contributed by atoms with Crippen molar-refractivity contribution in [1.82, 2.24) is 4.90 Å². The second-order valence-electron chi connectivity index (χ2n) is 7.14. The van der Waals surface area contributed by atoms with Crippen LogP contribution in [0, 0.1) is 6.92 Å². The number of ether oxygens (including phenoxy) is 1. The highest BCUT2D eigenvalue weighted by Gasteiger charge is 2.45. The van der Waals surface area contributed by atoms with Gasteiger partial charge < -0.3 is 19.8 Å². The Labute approximate surface area is 170 Å². The van der Waals surface area contributed by atoms with Gasteiger partial charge in [-0.25, -0.2) is 0 Å². The summed E-state index contributed by atoms with van der Waals surface area (Å²) in [4.78, 5) is 27.1. The molecule has 1 fully saturated rings. The Balaban J connectivity index is 2.18. The van der Waals surface area contributed by atoms with Crippen molar-refractivity contribution < 1.29 is 24.5 Å². The number of methoxy groups -OCH3 is 1. The van der Waals surface area contributed by atoms with Gasteiger partial charge in [-0.05, 0) is 31.0 Å². The first-order valence-electron chi connectivity index (χ1n) is 9.61. The fourth-order valence-corrected chi connectivity index (χ4v) is 3.52. The molecule has 2 aromatic rings. The van der Waals surface area contributed by atoms with Crippen LogP contribution in [0.1, 0.15) is 42.5 Å². The van der Waals surface area contributed by atoms with Gasteiger partial charge in [-0.15, -0.1) is 0 Å². The van der Waals surface area contributed by atoms with Crippen LogP contribution in [0.4, 0.5) is 0 Å². The molecule has 0 bridgehead atoms. The normalized spacial score (nSPS) is 18.3. The Kier molecular flexibility index (Phi) is 5.92. The van der Waals surface area contributed by atoms with Crippen LogP contribution in [0.5, 0.6) is 11.5 Å². The van der Waals surface area contributed by atoms with Gasteiger partial charge in [0.2, 0.25) is 0 Å². The lowest BCUT2D eigenvalue weighted by Crippen LogP contribution is -2.30. The molecule has 3 rings (SSSR count). The third-order valence-electron chi connectivity index (χ3n) is 5.14. The van der Waals surface area contributed by atoms with Crippen LogP contribution < -0.4 is 4.74 Å². The molecule has 0 unspecified atom stereocenters. The summed E-state index contributed by atoms with van der Waals surface area (Å²) in [5.74, 6) is -1.36. The maximum atomic E-state index is 12.9. The lowest BCUT2D eigenvalue weighted by atomic mass is 9.94. The molecule has 0 spiro atoms. The summed E-state index contributed by atoms with van der Waals surface area (Å²) >= 11 is 0. The summed E-state index contributed by atoms with van der Waals surface area (Å²) in [6, 6.07) is 11.0. The van der Waals surface area contributed by atoms with E-state index in [2.05, 4.69) is 0 Å². The van der Waals surface area contributed by atoms with E-state index in [1.807, 2.05) is 26.0 Å². The second kappa shape index (κ2) is 8.39. The smallest absolute Gasteiger partial charge is 0.295 e. The van der Waals surface area contributed by atoms with E-state index in [-0.39, 0.29) is 22.8 Å². The highest BCUT2D eigenvalue weighted by atomic mass is 16.5. The van der Waals surface area contributed by atoms with Crippen molar-refractivity contribution in [3.05, 3.63) is 64.7 Å². The van der Waals surface area contributed by atoms with Gasteiger partial charge >= 0.3 is 0 Å². The van der Waals surface area contributed by atoms with Gasteiger partial charge in [-0.3, -0.25) is 9.59 Å². The molecule has 29 heavy (non-hydrogen) atoms. The number of phenolic OH excluding ortho intramolecular Hbond substituents is 1.